The Labute approximate surface area is 195 Å². The van der Waals surface area contributed by atoms with Crippen molar-refractivity contribution in [3.63, 3.8) is 0 Å². The first-order valence-electron chi connectivity index (χ1n) is 10.9. The number of benzene rings is 1. The molecular weight excluding hydrogens is 400 g/mol. The van der Waals surface area contributed by atoms with Gasteiger partial charge in [0.05, 0.1) is 7.11 Å². The summed E-state index contributed by atoms with van der Waals surface area (Å²) in [5.41, 5.74) is 1.60. The highest BCUT2D eigenvalue weighted by atomic mass is 16.5. The van der Waals surface area contributed by atoms with Crippen molar-refractivity contribution < 1.29 is 19.0 Å². The molecule has 0 aliphatic heterocycles. The fourth-order valence-electron chi connectivity index (χ4n) is 2.47. The highest BCUT2D eigenvalue weighted by Gasteiger charge is 2.15. The Morgan fingerprint density at radius 1 is 0.969 bits per heavy atom. The van der Waals surface area contributed by atoms with E-state index in [-0.39, 0.29) is 0 Å². The van der Waals surface area contributed by atoms with Gasteiger partial charge in [-0.05, 0) is 30.9 Å². The van der Waals surface area contributed by atoms with Gasteiger partial charge in [-0.3, -0.25) is 4.79 Å². The summed E-state index contributed by atoms with van der Waals surface area (Å²) in [6, 6.07) is 3.48. The zero-order valence-corrected chi connectivity index (χ0v) is 20.3. The maximum atomic E-state index is 11.0. The summed E-state index contributed by atoms with van der Waals surface area (Å²) in [7, 11) is 1.58. The Bertz CT molecular complexity index is 742. The van der Waals surface area contributed by atoms with Gasteiger partial charge in [0, 0.05) is 11.6 Å². The van der Waals surface area contributed by atoms with Crippen LogP contribution in [-0.2, 0) is 4.79 Å². The summed E-state index contributed by atoms with van der Waals surface area (Å²) in [5.74, 6) is 1.47. The Morgan fingerprint density at radius 2 is 1.69 bits per heavy atom. The van der Waals surface area contributed by atoms with Crippen LogP contribution in [0.4, 0.5) is 0 Å². The number of ether oxygens (including phenoxy) is 3. The first-order valence-corrected chi connectivity index (χ1v) is 10.9. The van der Waals surface area contributed by atoms with Crippen molar-refractivity contribution in [2.75, 3.05) is 13.7 Å². The maximum Gasteiger partial charge on any atom is 0.298 e. The van der Waals surface area contributed by atoms with E-state index in [1.54, 1.807) is 25.3 Å². The van der Waals surface area contributed by atoms with Gasteiger partial charge < -0.3 is 14.2 Å². The van der Waals surface area contributed by atoms with Crippen molar-refractivity contribution in [2.45, 2.75) is 46.5 Å². The fraction of sp³-hybridized carbons (Fsp3) is 0.321. The molecule has 0 aliphatic rings. The van der Waals surface area contributed by atoms with Crippen molar-refractivity contribution in [1.29, 1.82) is 0 Å². The number of hydrogen-bond acceptors (Lipinski definition) is 4. The monoisotopic (exact) mass is 440 g/mol. The van der Waals surface area contributed by atoms with Gasteiger partial charge in [0.25, 0.3) is 6.47 Å². The standard InChI is InChI=1S/C24H30O4.C2H6.C2H4/c1-5-8-10-11-13-16-27-24-18-22(28-19-25)21(17-23(24)26-4)20(14-7-3)15-12-9-6-2;2*1-2/h5,7,11-15,17-19H,1,3,6,8-10,16H2,2,4H3;1-2H3;1-2H2/b13-11+,15-12-,20-14+;;. The van der Waals surface area contributed by atoms with Crippen LogP contribution in [0.1, 0.15) is 52.0 Å². The molecule has 0 aromatic heterocycles. The lowest BCUT2D eigenvalue weighted by Crippen LogP contribution is -2.01. The summed E-state index contributed by atoms with van der Waals surface area (Å²) in [6.45, 7) is 20.4. The van der Waals surface area contributed by atoms with E-state index in [1.165, 1.54) is 0 Å². The number of unbranched alkanes of at least 4 members (excludes halogenated alkanes) is 2. The molecule has 0 aliphatic carbocycles. The summed E-state index contributed by atoms with van der Waals surface area (Å²) >= 11 is 0. The molecule has 0 spiro atoms. The number of allylic oxidation sites excluding steroid dienone is 7. The maximum absolute atomic E-state index is 11.0. The summed E-state index contributed by atoms with van der Waals surface area (Å²) in [4.78, 5) is 11.0. The SMILES string of the molecule is C=C.C=C/C=C(\C=C/CCC)c1cc(OC)c(OC/C=C/CCC=C)cc1OC=O.CC. The number of carbonyl (C=O) groups is 1. The van der Waals surface area contributed by atoms with Crippen molar-refractivity contribution >= 4 is 12.0 Å². The van der Waals surface area contributed by atoms with Crippen LogP contribution in [-0.4, -0.2) is 20.2 Å². The molecule has 0 unspecified atom stereocenters. The predicted molar refractivity (Wildman–Crippen MR) is 139 cm³/mol. The largest absolute Gasteiger partial charge is 0.493 e. The Kier molecular flexibility index (Phi) is 21.7. The molecule has 176 valence electrons. The van der Waals surface area contributed by atoms with Crippen LogP contribution in [0.15, 0.2) is 81.0 Å². The van der Waals surface area contributed by atoms with Gasteiger partial charge >= 0.3 is 0 Å². The smallest absolute Gasteiger partial charge is 0.298 e. The second-order valence-electron chi connectivity index (χ2n) is 5.91. The first-order chi connectivity index (χ1) is 15.7. The van der Waals surface area contributed by atoms with Crippen LogP contribution in [0.25, 0.3) is 5.57 Å². The lowest BCUT2D eigenvalue weighted by molar-refractivity contribution is -0.120. The van der Waals surface area contributed by atoms with Gasteiger partial charge in [0.2, 0.25) is 0 Å². The van der Waals surface area contributed by atoms with Gasteiger partial charge in [-0.25, -0.2) is 0 Å². The summed E-state index contributed by atoms with van der Waals surface area (Å²) < 4.78 is 16.5. The molecule has 0 heterocycles. The van der Waals surface area contributed by atoms with Gasteiger partial charge in [-0.2, -0.15) is 0 Å². The minimum absolute atomic E-state index is 0.388. The van der Waals surface area contributed by atoms with Gasteiger partial charge in [0.1, 0.15) is 12.4 Å². The molecule has 0 N–H and O–H groups in total. The third kappa shape index (κ3) is 12.4. The number of carbonyl (C=O) groups excluding carboxylic acids is 1. The lowest BCUT2D eigenvalue weighted by atomic mass is 10.0. The molecule has 4 nitrogen and oxygen atoms in total. The lowest BCUT2D eigenvalue weighted by Gasteiger charge is -2.15. The Hall–Kier alpha value is -3.27. The average Bonchev–Trinajstić information content (AvgIpc) is 2.84. The number of hydrogen-bond donors (Lipinski definition) is 0. The van der Waals surface area contributed by atoms with E-state index in [1.807, 2.05) is 44.2 Å². The topological polar surface area (TPSA) is 44.8 Å². The molecular formula is C28H40O4. The highest BCUT2D eigenvalue weighted by molar-refractivity contribution is 5.81. The molecule has 32 heavy (non-hydrogen) atoms. The van der Waals surface area contributed by atoms with Crippen LogP contribution in [0.3, 0.4) is 0 Å². The van der Waals surface area contributed by atoms with Crippen molar-refractivity contribution in [3.05, 3.63) is 86.5 Å². The third-order valence-corrected chi connectivity index (χ3v) is 3.84. The molecule has 0 bridgehead atoms. The van der Waals surface area contributed by atoms with Crippen LogP contribution in [0.5, 0.6) is 17.2 Å². The summed E-state index contributed by atoms with van der Waals surface area (Å²) in [6.07, 6.45) is 17.3. The normalized spacial score (nSPS) is 10.4. The molecule has 0 saturated heterocycles. The molecule has 0 amide bonds. The van der Waals surface area contributed by atoms with E-state index in [0.29, 0.717) is 30.3 Å². The van der Waals surface area contributed by atoms with Crippen molar-refractivity contribution in [2.24, 2.45) is 0 Å². The zero-order valence-electron chi connectivity index (χ0n) is 20.3. The van der Waals surface area contributed by atoms with E-state index in [4.69, 9.17) is 14.2 Å². The first kappa shape index (κ1) is 30.9. The molecule has 1 rings (SSSR count). The summed E-state index contributed by atoms with van der Waals surface area (Å²) in [5, 5.41) is 0. The van der Waals surface area contributed by atoms with Crippen LogP contribution in [0, 0.1) is 0 Å². The molecule has 0 fully saturated rings. The van der Waals surface area contributed by atoms with Gasteiger partial charge in [-0.1, -0.05) is 76.3 Å². The highest BCUT2D eigenvalue weighted by Crippen LogP contribution is 2.38. The van der Waals surface area contributed by atoms with E-state index in [2.05, 4.69) is 39.3 Å². The molecule has 0 atom stereocenters. The zero-order chi connectivity index (χ0) is 24.6. The molecule has 4 heteroatoms. The second kappa shape index (κ2) is 22.4. The minimum Gasteiger partial charge on any atom is -0.493 e. The van der Waals surface area contributed by atoms with Gasteiger partial charge in [-0.15, -0.1) is 19.7 Å². The Balaban J connectivity index is 0. The quantitative estimate of drug-likeness (QED) is 0.128. The molecule has 1 aromatic carbocycles. The van der Waals surface area contributed by atoms with Gasteiger partial charge in [0.15, 0.2) is 11.5 Å². The van der Waals surface area contributed by atoms with Crippen molar-refractivity contribution in [1.82, 2.24) is 0 Å². The van der Waals surface area contributed by atoms with E-state index in [9.17, 15) is 4.79 Å². The predicted octanol–water partition coefficient (Wildman–Crippen LogP) is 7.89. The van der Waals surface area contributed by atoms with Crippen LogP contribution < -0.4 is 14.2 Å². The molecule has 0 saturated carbocycles. The third-order valence-electron chi connectivity index (χ3n) is 3.84. The van der Waals surface area contributed by atoms with Crippen molar-refractivity contribution in [3.8, 4) is 17.2 Å². The average molecular weight is 441 g/mol. The van der Waals surface area contributed by atoms with E-state index in [0.717, 1.165) is 36.8 Å². The fourth-order valence-corrected chi connectivity index (χ4v) is 2.47. The second-order valence-corrected chi connectivity index (χ2v) is 5.91. The molecule has 0 radical (unpaired) electrons. The van der Waals surface area contributed by atoms with E-state index < -0.39 is 0 Å². The number of methoxy groups -OCH3 is 1. The van der Waals surface area contributed by atoms with E-state index >= 15 is 0 Å². The van der Waals surface area contributed by atoms with Crippen LogP contribution >= 0.6 is 0 Å². The number of rotatable bonds is 14. The van der Waals surface area contributed by atoms with Crippen LogP contribution in [0.2, 0.25) is 0 Å². The minimum atomic E-state index is 0.388. The Morgan fingerprint density at radius 3 is 2.25 bits per heavy atom. The molecule has 1 aromatic rings.